The predicted octanol–water partition coefficient (Wildman–Crippen LogP) is 4.95. The Bertz CT molecular complexity index is 663. The number of carbonyl (C=O) groups is 1. The molecule has 130 valence electrons. The van der Waals surface area contributed by atoms with E-state index in [4.69, 9.17) is 21.1 Å². The third-order valence-electron chi connectivity index (χ3n) is 5.72. The van der Waals surface area contributed by atoms with Gasteiger partial charge in [0.2, 0.25) is 0 Å². The SMILES string of the molecule is Cc1cc(Cl)ccc1OCC(=O)OCCC1=CC[C@H]2C[C@H]1C2(C)C. The van der Waals surface area contributed by atoms with Crippen molar-refractivity contribution in [2.45, 2.75) is 40.0 Å². The molecule has 0 aromatic heterocycles. The van der Waals surface area contributed by atoms with Crippen LogP contribution in [-0.4, -0.2) is 19.2 Å². The Hall–Kier alpha value is -1.48. The number of rotatable bonds is 6. The van der Waals surface area contributed by atoms with Crippen LogP contribution in [0.2, 0.25) is 5.02 Å². The normalized spacial score (nSPS) is 23.9. The number of fused-ring (bicyclic) bond motifs is 1. The van der Waals surface area contributed by atoms with Crippen molar-refractivity contribution in [1.29, 1.82) is 0 Å². The Morgan fingerprint density at radius 3 is 2.83 bits per heavy atom. The highest BCUT2D eigenvalue weighted by molar-refractivity contribution is 6.30. The summed E-state index contributed by atoms with van der Waals surface area (Å²) in [6.07, 6.45) is 5.66. The van der Waals surface area contributed by atoms with Crippen molar-refractivity contribution in [3.63, 3.8) is 0 Å². The third-order valence-corrected chi connectivity index (χ3v) is 5.95. The van der Waals surface area contributed by atoms with Crippen LogP contribution in [0.5, 0.6) is 5.75 Å². The summed E-state index contributed by atoms with van der Waals surface area (Å²) in [5.41, 5.74) is 2.79. The molecule has 1 aromatic rings. The molecule has 0 amide bonds. The lowest BCUT2D eigenvalue weighted by molar-refractivity contribution is -0.146. The summed E-state index contributed by atoms with van der Waals surface area (Å²) >= 11 is 5.90. The smallest absolute Gasteiger partial charge is 0.344 e. The zero-order chi connectivity index (χ0) is 17.3. The second-order valence-corrected chi connectivity index (χ2v) is 7.93. The van der Waals surface area contributed by atoms with Crippen LogP contribution in [-0.2, 0) is 9.53 Å². The number of esters is 1. The van der Waals surface area contributed by atoms with Gasteiger partial charge in [0.05, 0.1) is 6.61 Å². The van der Waals surface area contributed by atoms with Crippen molar-refractivity contribution in [3.05, 3.63) is 40.4 Å². The molecule has 0 saturated heterocycles. The second-order valence-electron chi connectivity index (χ2n) is 7.49. The average Bonchev–Trinajstić information content (AvgIpc) is 2.54. The van der Waals surface area contributed by atoms with Gasteiger partial charge in [0.15, 0.2) is 6.61 Å². The molecule has 3 aliphatic carbocycles. The molecule has 0 radical (unpaired) electrons. The topological polar surface area (TPSA) is 35.5 Å². The maximum Gasteiger partial charge on any atom is 0.344 e. The van der Waals surface area contributed by atoms with Crippen molar-refractivity contribution in [2.24, 2.45) is 17.3 Å². The number of hydrogen-bond acceptors (Lipinski definition) is 3. The molecule has 3 nitrogen and oxygen atoms in total. The number of hydrogen-bond donors (Lipinski definition) is 0. The number of halogens is 1. The average molecular weight is 349 g/mol. The lowest BCUT2D eigenvalue weighted by Crippen LogP contribution is -2.48. The lowest BCUT2D eigenvalue weighted by atomic mass is 9.48. The van der Waals surface area contributed by atoms with Gasteiger partial charge in [-0.25, -0.2) is 4.79 Å². The summed E-state index contributed by atoms with van der Waals surface area (Å²) in [7, 11) is 0. The first-order valence-electron chi connectivity index (χ1n) is 8.61. The monoisotopic (exact) mass is 348 g/mol. The first-order valence-corrected chi connectivity index (χ1v) is 8.99. The summed E-state index contributed by atoms with van der Waals surface area (Å²) in [6.45, 7) is 6.97. The number of aryl methyl sites for hydroxylation is 1. The Morgan fingerprint density at radius 1 is 1.38 bits per heavy atom. The van der Waals surface area contributed by atoms with Gasteiger partial charge in [-0.05, 0) is 60.8 Å². The number of benzene rings is 1. The quantitative estimate of drug-likeness (QED) is 0.538. The molecule has 1 aromatic carbocycles. The van der Waals surface area contributed by atoms with E-state index >= 15 is 0 Å². The van der Waals surface area contributed by atoms with E-state index in [-0.39, 0.29) is 12.6 Å². The van der Waals surface area contributed by atoms with Crippen LogP contribution >= 0.6 is 11.6 Å². The molecule has 2 atom stereocenters. The fraction of sp³-hybridized carbons (Fsp3) is 0.550. The molecule has 4 heteroatoms. The minimum absolute atomic E-state index is 0.0709. The minimum atomic E-state index is -0.327. The van der Waals surface area contributed by atoms with E-state index < -0.39 is 0 Å². The Labute approximate surface area is 149 Å². The van der Waals surface area contributed by atoms with Crippen LogP contribution in [0, 0.1) is 24.2 Å². The van der Waals surface area contributed by atoms with Crippen LogP contribution in [0.15, 0.2) is 29.8 Å². The molecule has 4 rings (SSSR count). The Morgan fingerprint density at radius 2 is 2.17 bits per heavy atom. The van der Waals surface area contributed by atoms with Crippen LogP contribution in [0.3, 0.4) is 0 Å². The first kappa shape index (κ1) is 17.3. The second kappa shape index (κ2) is 6.79. The number of ether oxygens (including phenoxy) is 2. The van der Waals surface area contributed by atoms with Gasteiger partial charge in [0.25, 0.3) is 0 Å². The Kier molecular flexibility index (Phi) is 4.91. The standard InChI is InChI=1S/C20H25ClO3/c1-13-10-16(21)6-7-18(13)24-12-19(22)23-9-8-14-4-5-15-11-17(14)20(15,2)3/h4,6-7,10,15,17H,5,8-9,11-12H2,1-3H3/t15-,17+/m0/s1. The molecule has 0 N–H and O–H groups in total. The number of carbonyl (C=O) groups excluding carboxylic acids is 1. The van der Waals surface area contributed by atoms with Crippen molar-refractivity contribution in [1.82, 2.24) is 0 Å². The fourth-order valence-corrected chi connectivity index (χ4v) is 4.22. The molecule has 0 heterocycles. The van der Waals surface area contributed by atoms with Gasteiger partial charge in [-0.3, -0.25) is 0 Å². The maximum absolute atomic E-state index is 11.9. The molecule has 1 saturated carbocycles. The van der Waals surface area contributed by atoms with Crippen LogP contribution < -0.4 is 4.74 Å². The van der Waals surface area contributed by atoms with Gasteiger partial charge >= 0.3 is 5.97 Å². The largest absolute Gasteiger partial charge is 0.482 e. The van der Waals surface area contributed by atoms with E-state index in [1.807, 2.05) is 13.0 Å². The zero-order valence-electron chi connectivity index (χ0n) is 14.6. The van der Waals surface area contributed by atoms with Crippen molar-refractivity contribution < 1.29 is 14.3 Å². The van der Waals surface area contributed by atoms with E-state index in [0.717, 1.165) is 17.9 Å². The van der Waals surface area contributed by atoms with Gasteiger partial charge < -0.3 is 9.47 Å². The van der Waals surface area contributed by atoms with E-state index in [0.29, 0.717) is 28.7 Å². The van der Waals surface area contributed by atoms with Crippen LogP contribution in [0.4, 0.5) is 0 Å². The highest BCUT2D eigenvalue weighted by atomic mass is 35.5. The summed E-state index contributed by atoms with van der Waals surface area (Å²) in [5.74, 6) is 1.84. The van der Waals surface area contributed by atoms with E-state index in [2.05, 4.69) is 19.9 Å². The van der Waals surface area contributed by atoms with Gasteiger partial charge in [-0.2, -0.15) is 0 Å². The Balaban J connectivity index is 1.41. The molecule has 0 aliphatic heterocycles. The third kappa shape index (κ3) is 3.46. The van der Waals surface area contributed by atoms with Gasteiger partial charge in [-0.15, -0.1) is 0 Å². The fourth-order valence-electron chi connectivity index (χ4n) is 3.99. The summed E-state index contributed by atoms with van der Waals surface area (Å²) in [4.78, 5) is 11.9. The summed E-state index contributed by atoms with van der Waals surface area (Å²) in [6, 6.07) is 5.33. The molecule has 0 unspecified atom stereocenters. The molecule has 0 spiro atoms. The van der Waals surface area contributed by atoms with E-state index in [1.54, 1.807) is 12.1 Å². The first-order chi connectivity index (χ1) is 11.4. The van der Waals surface area contributed by atoms with Gasteiger partial charge in [0.1, 0.15) is 5.75 Å². The molecular weight excluding hydrogens is 324 g/mol. The van der Waals surface area contributed by atoms with Gasteiger partial charge in [-0.1, -0.05) is 37.1 Å². The van der Waals surface area contributed by atoms with E-state index in [1.165, 1.54) is 18.4 Å². The highest BCUT2D eigenvalue weighted by Gasteiger charge is 2.50. The van der Waals surface area contributed by atoms with Crippen molar-refractivity contribution in [3.8, 4) is 5.75 Å². The summed E-state index contributed by atoms with van der Waals surface area (Å²) < 4.78 is 10.8. The molecular formula is C20H25ClO3. The molecule has 24 heavy (non-hydrogen) atoms. The predicted molar refractivity (Wildman–Crippen MR) is 95.3 cm³/mol. The lowest BCUT2D eigenvalue weighted by Gasteiger charge is -2.56. The van der Waals surface area contributed by atoms with E-state index in [9.17, 15) is 4.79 Å². The van der Waals surface area contributed by atoms with Crippen molar-refractivity contribution in [2.75, 3.05) is 13.2 Å². The summed E-state index contributed by atoms with van der Waals surface area (Å²) in [5, 5.41) is 0.657. The highest BCUT2D eigenvalue weighted by Crippen LogP contribution is 2.59. The maximum atomic E-state index is 11.9. The molecule has 2 bridgehead atoms. The van der Waals surface area contributed by atoms with Gasteiger partial charge in [0, 0.05) is 11.4 Å². The van der Waals surface area contributed by atoms with Crippen LogP contribution in [0.25, 0.3) is 0 Å². The zero-order valence-corrected chi connectivity index (χ0v) is 15.4. The minimum Gasteiger partial charge on any atom is -0.482 e. The molecule has 3 aliphatic rings. The van der Waals surface area contributed by atoms with Crippen molar-refractivity contribution >= 4 is 17.6 Å². The van der Waals surface area contributed by atoms with Crippen LogP contribution in [0.1, 0.15) is 38.7 Å². The number of allylic oxidation sites excluding steroid dienone is 1. The molecule has 1 fully saturated rings.